The number of nitrogens with zero attached hydrogens (tertiary/aromatic N) is 1. The minimum Gasteiger partial charge on any atom is -0.508 e. The predicted octanol–water partition coefficient (Wildman–Crippen LogP) is 2.92. The van der Waals surface area contributed by atoms with E-state index in [9.17, 15) is 5.11 Å². The van der Waals surface area contributed by atoms with Crippen LogP contribution in [0.5, 0.6) is 5.75 Å². The van der Waals surface area contributed by atoms with Crippen LogP contribution < -0.4 is 0 Å². The van der Waals surface area contributed by atoms with Gasteiger partial charge in [-0.3, -0.25) is 0 Å². The third-order valence-electron chi connectivity index (χ3n) is 2.35. The van der Waals surface area contributed by atoms with E-state index in [-0.39, 0.29) is 5.75 Å². The fourth-order valence-electron chi connectivity index (χ4n) is 1.63. The summed E-state index contributed by atoms with van der Waals surface area (Å²) in [6.07, 6.45) is 1.98. The first kappa shape index (κ1) is 9.21. The summed E-state index contributed by atoms with van der Waals surface area (Å²) in [5, 5.41) is 10.4. The Morgan fingerprint density at radius 3 is 2.79 bits per heavy atom. The van der Waals surface area contributed by atoms with Gasteiger partial charge in [0.2, 0.25) is 0 Å². The molecule has 1 aromatic heterocycles. The van der Waals surface area contributed by atoms with Gasteiger partial charge in [0.1, 0.15) is 5.75 Å². The number of hydrogen-bond acceptors (Lipinski definition) is 2. The summed E-state index contributed by atoms with van der Waals surface area (Å²) in [5.74, 6) is 0.270. The van der Waals surface area contributed by atoms with E-state index in [0.717, 1.165) is 21.0 Å². The molecule has 72 valence electrons. The van der Waals surface area contributed by atoms with Crippen LogP contribution in [0.1, 0.15) is 5.56 Å². The fourth-order valence-corrected chi connectivity index (χ4v) is 1.86. The minimum absolute atomic E-state index is 0.270. The molecule has 0 unspecified atom stereocenters. The molecule has 0 radical (unpaired) electrons. The summed E-state index contributed by atoms with van der Waals surface area (Å²) in [5.41, 5.74) is 2.04. The van der Waals surface area contributed by atoms with Crippen molar-refractivity contribution in [1.29, 1.82) is 0 Å². The molecule has 0 aliphatic rings. The molecule has 2 rings (SSSR count). The second-order valence-electron chi connectivity index (χ2n) is 3.45. The molecule has 0 amide bonds. The van der Waals surface area contributed by atoms with E-state index < -0.39 is 0 Å². The number of pyridine rings is 1. The maximum absolute atomic E-state index is 9.37. The van der Waals surface area contributed by atoms with Crippen LogP contribution in [-0.2, 0) is 7.05 Å². The third-order valence-corrected chi connectivity index (χ3v) is 2.89. The smallest absolute Gasteiger partial charge is 0.117 e. The van der Waals surface area contributed by atoms with Crippen molar-refractivity contribution < 1.29 is 5.11 Å². The molecular weight excluding hydrogens is 194 g/mol. The number of rotatable bonds is 0. The van der Waals surface area contributed by atoms with Crippen molar-refractivity contribution in [3.05, 3.63) is 34.5 Å². The molecule has 0 aliphatic carbocycles. The molecule has 0 spiro atoms. The van der Waals surface area contributed by atoms with E-state index in [1.54, 1.807) is 12.1 Å². The highest BCUT2D eigenvalue weighted by Crippen LogP contribution is 2.22. The van der Waals surface area contributed by atoms with Crippen LogP contribution in [0.15, 0.2) is 24.4 Å². The zero-order valence-electron chi connectivity index (χ0n) is 8.11. The Bertz CT molecular complexity index is 557. The molecule has 0 fully saturated rings. The van der Waals surface area contributed by atoms with E-state index in [4.69, 9.17) is 12.2 Å². The van der Waals surface area contributed by atoms with E-state index in [1.165, 1.54) is 0 Å². The summed E-state index contributed by atoms with van der Waals surface area (Å²) in [7, 11) is 1.95. The first-order valence-corrected chi connectivity index (χ1v) is 4.79. The normalized spacial score (nSPS) is 10.7. The lowest BCUT2D eigenvalue weighted by molar-refractivity contribution is 0.476. The molecule has 1 N–H and O–H groups in total. The first-order valence-electron chi connectivity index (χ1n) is 4.38. The lowest BCUT2D eigenvalue weighted by Gasteiger charge is -2.07. The zero-order valence-corrected chi connectivity index (χ0v) is 8.93. The van der Waals surface area contributed by atoms with Gasteiger partial charge < -0.3 is 9.67 Å². The first-order chi connectivity index (χ1) is 6.59. The van der Waals surface area contributed by atoms with Crippen molar-refractivity contribution in [1.82, 2.24) is 4.57 Å². The van der Waals surface area contributed by atoms with Crippen LogP contribution in [0.2, 0.25) is 0 Å². The summed E-state index contributed by atoms with van der Waals surface area (Å²) >= 11 is 5.30. The highest BCUT2D eigenvalue weighted by atomic mass is 32.1. The van der Waals surface area contributed by atoms with E-state index >= 15 is 0 Å². The van der Waals surface area contributed by atoms with Crippen molar-refractivity contribution in [2.75, 3.05) is 0 Å². The van der Waals surface area contributed by atoms with Gasteiger partial charge >= 0.3 is 0 Å². The Kier molecular flexibility index (Phi) is 2.04. The molecule has 1 heterocycles. The van der Waals surface area contributed by atoms with E-state index in [1.807, 2.05) is 30.8 Å². The average Bonchev–Trinajstić information content (AvgIpc) is 2.14. The van der Waals surface area contributed by atoms with Crippen LogP contribution >= 0.6 is 12.2 Å². The number of phenolic OH excluding ortho intramolecular Hbond substituents is 1. The van der Waals surface area contributed by atoms with Crippen molar-refractivity contribution in [2.45, 2.75) is 6.92 Å². The molecule has 2 aromatic rings. The lowest BCUT2D eigenvalue weighted by atomic mass is 10.1. The monoisotopic (exact) mass is 205 g/mol. The van der Waals surface area contributed by atoms with Gasteiger partial charge in [0, 0.05) is 24.7 Å². The number of phenols is 1. The Balaban J connectivity index is 3.02. The maximum atomic E-state index is 9.37. The Morgan fingerprint density at radius 1 is 1.36 bits per heavy atom. The maximum Gasteiger partial charge on any atom is 0.117 e. The molecule has 0 atom stereocenters. The molecule has 14 heavy (non-hydrogen) atoms. The number of hydrogen-bond donors (Lipinski definition) is 1. The SMILES string of the molecule is Cc1cn(C)c2cc(O)ccc2c1=S. The van der Waals surface area contributed by atoms with Gasteiger partial charge in [-0.1, -0.05) is 12.2 Å². The second kappa shape index (κ2) is 3.10. The third kappa shape index (κ3) is 1.30. The molecule has 1 aromatic carbocycles. The Morgan fingerprint density at radius 2 is 2.07 bits per heavy atom. The number of aromatic hydroxyl groups is 1. The van der Waals surface area contributed by atoms with Crippen LogP contribution in [-0.4, -0.2) is 9.67 Å². The topological polar surface area (TPSA) is 25.2 Å². The Hall–Kier alpha value is -1.35. The predicted molar refractivity (Wildman–Crippen MR) is 60.2 cm³/mol. The molecule has 0 saturated carbocycles. The quantitative estimate of drug-likeness (QED) is 0.669. The number of aryl methyl sites for hydroxylation is 2. The number of aromatic nitrogens is 1. The van der Waals surface area contributed by atoms with Gasteiger partial charge in [-0.25, -0.2) is 0 Å². The van der Waals surface area contributed by atoms with Crippen molar-refractivity contribution in [3.63, 3.8) is 0 Å². The standard InChI is InChI=1S/C11H11NOS/c1-7-6-12(2)10-5-8(13)3-4-9(10)11(7)14/h3-6,13H,1-2H3. The van der Waals surface area contributed by atoms with Gasteiger partial charge in [-0.15, -0.1) is 0 Å². The van der Waals surface area contributed by atoms with Gasteiger partial charge in [-0.2, -0.15) is 0 Å². The van der Waals surface area contributed by atoms with Crippen molar-refractivity contribution in [2.24, 2.45) is 7.05 Å². The van der Waals surface area contributed by atoms with Crippen molar-refractivity contribution in [3.8, 4) is 5.75 Å². The average molecular weight is 205 g/mol. The molecule has 0 bridgehead atoms. The summed E-state index contributed by atoms with van der Waals surface area (Å²) in [4.78, 5) is 0. The van der Waals surface area contributed by atoms with Gasteiger partial charge in [0.05, 0.1) is 10.0 Å². The lowest BCUT2D eigenvalue weighted by Crippen LogP contribution is -1.94. The number of fused-ring (bicyclic) bond motifs is 1. The molecule has 3 heteroatoms. The number of benzene rings is 1. The highest BCUT2D eigenvalue weighted by Gasteiger charge is 2.01. The van der Waals surface area contributed by atoms with Crippen LogP contribution in [0.3, 0.4) is 0 Å². The second-order valence-corrected chi connectivity index (χ2v) is 3.86. The fraction of sp³-hybridized carbons (Fsp3) is 0.182. The van der Waals surface area contributed by atoms with Crippen LogP contribution in [0.4, 0.5) is 0 Å². The van der Waals surface area contributed by atoms with Crippen molar-refractivity contribution >= 4 is 23.1 Å². The highest BCUT2D eigenvalue weighted by molar-refractivity contribution is 7.71. The zero-order chi connectivity index (χ0) is 10.3. The minimum atomic E-state index is 0.270. The Labute approximate surface area is 87.4 Å². The van der Waals surface area contributed by atoms with E-state index in [0.29, 0.717) is 0 Å². The van der Waals surface area contributed by atoms with E-state index in [2.05, 4.69) is 0 Å². The summed E-state index contributed by atoms with van der Waals surface area (Å²) in [6, 6.07) is 5.25. The molecule has 2 nitrogen and oxygen atoms in total. The summed E-state index contributed by atoms with van der Waals surface area (Å²) in [6.45, 7) is 1.99. The molecular formula is C11H11NOS. The van der Waals surface area contributed by atoms with Crippen LogP contribution in [0.25, 0.3) is 10.9 Å². The van der Waals surface area contributed by atoms with Crippen LogP contribution in [0, 0.1) is 11.4 Å². The van der Waals surface area contributed by atoms with Gasteiger partial charge in [-0.05, 0) is 24.6 Å². The molecule has 0 saturated heterocycles. The van der Waals surface area contributed by atoms with Gasteiger partial charge in [0.15, 0.2) is 0 Å². The molecule has 0 aliphatic heterocycles. The van der Waals surface area contributed by atoms with Gasteiger partial charge in [0.25, 0.3) is 0 Å². The summed E-state index contributed by atoms with van der Waals surface area (Å²) < 4.78 is 2.83. The largest absolute Gasteiger partial charge is 0.508 e.